The van der Waals surface area contributed by atoms with Crippen LogP contribution >= 0.6 is 24.0 Å². The quantitative estimate of drug-likeness (QED) is 0.841. The predicted octanol–water partition coefficient (Wildman–Crippen LogP) is 2.15. The maximum absolute atomic E-state index is 12.8. The average molecular weight is 385 g/mol. The topological polar surface area (TPSA) is 67.9 Å². The van der Waals surface area contributed by atoms with Gasteiger partial charge in [0.25, 0.3) is 0 Å². The Bertz CT molecular complexity index is 634. The average Bonchev–Trinajstić information content (AvgIpc) is 2.54. The lowest BCUT2D eigenvalue weighted by Crippen LogP contribution is -2.43. The minimum absolute atomic E-state index is 0. The van der Waals surface area contributed by atoms with E-state index in [-0.39, 0.29) is 28.4 Å². The van der Waals surface area contributed by atoms with E-state index in [9.17, 15) is 8.42 Å². The third-order valence-electron chi connectivity index (χ3n) is 3.92. The van der Waals surface area contributed by atoms with Crippen LogP contribution in [-0.4, -0.2) is 53.1 Å². The summed E-state index contributed by atoms with van der Waals surface area (Å²) in [5.74, 6) is 0.736. The maximum Gasteiger partial charge on any atom is 0.244 e. The molecule has 1 heterocycles. The summed E-state index contributed by atoms with van der Waals surface area (Å²) in [7, 11) is 0.840. The molecule has 0 aliphatic carbocycles. The molecular formula is C14H22Cl2N2O4S. The fourth-order valence-corrected chi connectivity index (χ4v) is 4.48. The number of ether oxygens (including phenoxy) is 2. The molecule has 2 rings (SSSR count). The molecule has 1 aromatic carbocycles. The first-order valence-corrected chi connectivity index (χ1v) is 8.84. The number of methoxy groups -OCH3 is 2. The highest BCUT2D eigenvalue weighted by molar-refractivity contribution is 7.89. The summed E-state index contributed by atoms with van der Waals surface area (Å²) in [6, 6.07) is 2.84. The summed E-state index contributed by atoms with van der Waals surface area (Å²) in [6.07, 6.45) is 1.56. The number of piperidine rings is 1. The van der Waals surface area contributed by atoms with Gasteiger partial charge in [-0.3, -0.25) is 0 Å². The highest BCUT2D eigenvalue weighted by Gasteiger charge is 2.31. The minimum atomic E-state index is -3.69. The first-order valence-electron chi connectivity index (χ1n) is 7.02. The van der Waals surface area contributed by atoms with Crippen LogP contribution in [-0.2, 0) is 10.0 Å². The van der Waals surface area contributed by atoms with Crippen molar-refractivity contribution in [2.24, 2.45) is 0 Å². The second-order valence-electron chi connectivity index (χ2n) is 5.14. The second-order valence-corrected chi connectivity index (χ2v) is 7.51. The highest BCUT2D eigenvalue weighted by Crippen LogP contribution is 2.36. The fraction of sp³-hybridized carbons (Fsp3) is 0.571. The zero-order valence-electron chi connectivity index (χ0n) is 13.3. The van der Waals surface area contributed by atoms with Crippen LogP contribution < -0.4 is 14.8 Å². The number of hydrogen-bond acceptors (Lipinski definition) is 5. The molecule has 9 heteroatoms. The van der Waals surface area contributed by atoms with Crippen molar-refractivity contribution in [2.45, 2.75) is 23.8 Å². The third kappa shape index (κ3) is 4.22. The number of halogens is 2. The summed E-state index contributed by atoms with van der Waals surface area (Å²) >= 11 is 6.15. The Labute approximate surface area is 148 Å². The minimum Gasteiger partial charge on any atom is -0.493 e. The van der Waals surface area contributed by atoms with E-state index >= 15 is 0 Å². The van der Waals surface area contributed by atoms with E-state index in [1.165, 1.54) is 30.7 Å². The van der Waals surface area contributed by atoms with Crippen LogP contribution in [0.2, 0.25) is 5.02 Å². The number of rotatable bonds is 5. The number of benzene rings is 1. The molecule has 1 N–H and O–H groups in total. The summed E-state index contributed by atoms with van der Waals surface area (Å²) < 4.78 is 37.4. The molecule has 0 saturated carbocycles. The van der Waals surface area contributed by atoms with Gasteiger partial charge >= 0.3 is 0 Å². The van der Waals surface area contributed by atoms with Gasteiger partial charge in [-0.1, -0.05) is 11.6 Å². The zero-order valence-corrected chi connectivity index (χ0v) is 15.7. The smallest absolute Gasteiger partial charge is 0.244 e. The van der Waals surface area contributed by atoms with Crippen molar-refractivity contribution in [1.82, 2.24) is 9.62 Å². The summed E-state index contributed by atoms with van der Waals surface area (Å²) in [5.41, 5.74) is 0. The molecule has 0 spiro atoms. The Morgan fingerprint density at radius 1 is 1.17 bits per heavy atom. The highest BCUT2D eigenvalue weighted by atomic mass is 35.5. The molecule has 0 amide bonds. The van der Waals surface area contributed by atoms with Gasteiger partial charge in [0.2, 0.25) is 10.0 Å². The molecule has 1 saturated heterocycles. The fourth-order valence-electron chi connectivity index (χ4n) is 2.55. The van der Waals surface area contributed by atoms with Crippen LogP contribution in [0.4, 0.5) is 0 Å². The van der Waals surface area contributed by atoms with Gasteiger partial charge in [-0.2, -0.15) is 4.31 Å². The van der Waals surface area contributed by atoms with Crippen molar-refractivity contribution >= 4 is 34.0 Å². The van der Waals surface area contributed by atoms with Gasteiger partial charge in [0.15, 0.2) is 11.5 Å². The van der Waals surface area contributed by atoms with Gasteiger partial charge in [-0.15, -0.1) is 12.4 Å². The lowest BCUT2D eigenvalue weighted by Gasteiger charge is -2.31. The van der Waals surface area contributed by atoms with E-state index in [0.29, 0.717) is 11.5 Å². The SMILES string of the molecule is COc1cc(Cl)c(S(=O)(=O)N(C)C2CCNCC2)cc1OC.Cl. The lowest BCUT2D eigenvalue weighted by atomic mass is 10.1. The number of hydrogen-bond donors (Lipinski definition) is 1. The molecule has 0 aromatic heterocycles. The number of sulfonamides is 1. The molecule has 1 aliphatic heterocycles. The lowest BCUT2D eigenvalue weighted by molar-refractivity contribution is 0.296. The molecule has 23 heavy (non-hydrogen) atoms. The Morgan fingerprint density at radius 2 is 1.70 bits per heavy atom. The Hall–Kier alpha value is -0.730. The molecule has 0 unspecified atom stereocenters. The van der Waals surface area contributed by atoms with Gasteiger partial charge in [0.05, 0.1) is 19.2 Å². The number of nitrogens with zero attached hydrogens (tertiary/aromatic N) is 1. The van der Waals surface area contributed by atoms with E-state index in [2.05, 4.69) is 5.32 Å². The van der Waals surface area contributed by atoms with E-state index in [1.54, 1.807) is 7.05 Å². The van der Waals surface area contributed by atoms with Gasteiger partial charge in [0.1, 0.15) is 4.90 Å². The van der Waals surface area contributed by atoms with Gasteiger partial charge < -0.3 is 14.8 Å². The monoisotopic (exact) mass is 384 g/mol. The van der Waals surface area contributed by atoms with Crippen LogP contribution in [0, 0.1) is 0 Å². The summed E-state index contributed by atoms with van der Waals surface area (Å²) in [5, 5.41) is 3.34. The van der Waals surface area contributed by atoms with Crippen LogP contribution in [0.15, 0.2) is 17.0 Å². The van der Waals surface area contributed by atoms with Crippen molar-refractivity contribution in [2.75, 3.05) is 34.4 Å². The normalized spacial score (nSPS) is 16.0. The van der Waals surface area contributed by atoms with Crippen LogP contribution in [0.1, 0.15) is 12.8 Å². The molecule has 0 radical (unpaired) electrons. The van der Waals surface area contributed by atoms with Crippen molar-refractivity contribution in [1.29, 1.82) is 0 Å². The maximum atomic E-state index is 12.8. The van der Waals surface area contributed by atoms with E-state index in [1.807, 2.05) is 0 Å². The summed E-state index contributed by atoms with van der Waals surface area (Å²) in [4.78, 5) is 0.0350. The third-order valence-corrected chi connectivity index (χ3v) is 6.29. The first kappa shape index (κ1) is 20.3. The molecule has 6 nitrogen and oxygen atoms in total. The summed E-state index contributed by atoms with van der Waals surface area (Å²) in [6.45, 7) is 1.62. The molecule has 1 aromatic rings. The molecular weight excluding hydrogens is 363 g/mol. The number of nitrogens with one attached hydrogen (secondary N) is 1. The van der Waals surface area contributed by atoms with E-state index < -0.39 is 10.0 Å². The Balaban J connectivity index is 0.00000264. The molecule has 0 bridgehead atoms. The standard InChI is InChI=1S/C14H21ClN2O4S.ClH/c1-17(10-4-6-16-7-5-10)22(18,19)14-9-13(21-3)12(20-2)8-11(14)15;/h8-10,16H,4-7H2,1-3H3;1H. The first-order chi connectivity index (χ1) is 10.4. The van der Waals surface area contributed by atoms with Gasteiger partial charge in [-0.25, -0.2) is 8.42 Å². The Kier molecular flexibility index (Phi) is 7.41. The van der Waals surface area contributed by atoms with Crippen LogP contribution in [0.25, 0.3) is 0 Å². The Morgan fingerprint density at radius 3 is 2.22 bits per heavy atom. The largest absolute Gasteiger partial charge is 0.493 e. The molecule has 1 aliphatic rings. The zero-order chi connectivity index (χ0) is 16.3. The van der Waals surface area contributed by atoms with E-state index in [4.69, 9.17) is 21.1 Å². The van der Waals surface area contributed by atoms with Crippen molar-refractivity contribution in [3.63, 3.8) is 0 Å². The van der Waals surface area contributed by atoms with Gasteiger partial charge in [0, 0.05) is 25.2 Å². The molecule has 1 fully saturated rings. The van der Waals surface area contributed by atoms with Crippen molar-refractivity contribution in [3.05, 3.63) is 17.2 Å². The molecule has 0 atom stereocenters. The van der Waals surface area contributed by atoms with E-state index in [0.717, 1.165) is 25.9 Å². The van der Waals surface area contributed by atoms with Crippen LogP contribution in [0.5, 0.6) is 11.5 Å². The predicted molar refractivity (Wildman–Crippen MR) is 92.6 cm³/mol. The second kappa shape index (κ2) is 8.39. The van der Waals surface area contributed by atoms with Crippen molar-refractivity contribution < 1.29 is 17.9 Å². The van der Waals surface area contributed by atoms with Crippen LogP contribution in [0.3, 0.4) is 0 Å². The van der Waals surface area contributed by atoms with Crippen molar-refractivity contribution in [3.8, 4) is 11.5 Å². The molecule has 132 valence electrons. The van der Waals surface area contributed by atoms with Gasteiger partial charge in [-0.05, 0) is 25.9 Å².